The summed E-state index contributed by atoms with van der Waals surface area (Å²) in [6.07, 6.45) is -0.757. The van der Waals surface area contributed by atoms with Crippen molar-refractivity contribution in [1.82, 2.24) is 9.13 Å². The number of carbonyl (C=O) groups is 2. The van der Waals surface area contributed by atoms with E-state index >= 15 is 0 Å². The maximum Gasteiger partial charge on any atom is 0.416 e. The van der Waals surface area contributed by atoms with Crippen LogP contribution < -0.4 is 16.1 Å². The van der Waals surface area contributed by atoms with Crippen LogP contribution in [0.5, 0.6) is 0 Å². The van der Waals surface area contributed by atoms with E-state index in [1.54, 1.807) is 25.4 Å². The van der Waals surface area contributed by atoms with E-state index in [1.807, 2.05) is 0 Å². The highest BCUT2D eigenvalue weighted by molar-refractivity contribution is 7.98. The van der Waals surface area contributed by atoms with Gasteiger partial charge in [0.2, 0.25) is 6.41 Å². The third kappa shape index (κ3) is 4.68. The molecule has 1 heterocycles. The van der Waals surface area contributed by atoms with Crippen LogP contribution in [-0.2, 0) is 17.4 Å². The van der Waals surface area contributed by atoms with E-state index < -0.39 is 40.6 Å². The normalized spacial score (nSPS) is 15.2. The van der Waals surface area contributed by atoms with Crippen molar-refractivity contribution in [3.63, 3.8) is 0 Å². The van der Waals surface area contributed by atoms with Gasteiger partial charge in [0.15, 0.2) is 0 Å². The molecule has 1 aliphatic rings. The van der Waals surface area contributed by atoms with Crippen LogP contribution in [0.15, 0.2) is 57.1 Å². The molecular weight excluding hydrogens is 511 g/mol. The Kier molecular flexibility index (Phi) is 7.05. The van der Waals surface area contributed by atoms with Gasteiger partial charge >= 0.3 is 17.8 Å². The maximum absolute atomic E-state index is 13.7. The predicted molar refractivity (Wildman–Crippen MR) is 132 cm³/mol. The molecule has 8 nitrogen and oxygen atoms in total. The number of alkyl halides is 3. The third-order valence-corrected chi connectivity index (χ3v) is 7.19. The van der Waals surface area contributed by atoms with Crippen LogP contribution in [0.4, 0.5) is 18.9 Å². The molecule has 0 spiro atoms. The predicted octanol–water partition coefficient (Wildman–Crippen LogP) is 3.96. The van der Waals surface area contributed by atoms with E-state index in [9.17, 15) is 37.5 Å². The van der Waals surface area contributed by atoms with Crippen molar-refractivity contribution in [1.29, 1.82) is 0 Å². The molecule has 1 atom stereocenters. The van der Waals surface area contributed by atoms with Crippen LogP contribution in [0.25, 0.3) is 5.69 Å². The molecule has 194 valence electrons. The highest BCUT2D eigenvalue weighted by Crippen LogP contribution is 2.40. The van der Waals surface area contributed by atoms with Crippen molar-refractivity contribution in [2.45, 2.75) is 36.4 Å². The lowest BCUT2D eigenvalue weighted by Gasteiger charge is -2.29. The Balaban J connectivity index is 1.98. The summed E-state index contributed by atoms with van der Waals surface area (Å²) < 4.78 is 42.7. The molecule has 3 aromatic rings. The van der Waals surface area contributed by atoms with Gasteiger partial charge in [-0.05, 0) is 60.9 Å². The van der Waals surface area contributed by atoms with Gasteiger partial charge in [-0.1, -0.05) is 12.1 Å². The molecule has 1 N–H and O–H groups in total. The smallest absolute Gasteiger partial charge is 0.416 e. The second-order valence-corrected chi connectivity index (χ2v) is 9.38. The van der Waals surface area contributed by atoms with Gasteiger partial charge in [0.25, 0.3) is 5.56 Å². The summed E-state index contributed by atoms with van der Waals surface area (Å²) in [4.78, 5) is 52.0. The summed E-state index contributed by atoms with van der Waals surface area (Å²) in [5.74, 6) is -1.57. The molecule has 2 aromatic carbocycles. The van der Waals surface area contributed by atoms with E-state index in [0.717, 1.165) is 21.4 Å². The van der Waals surface area contributed by atoms with Gasteiger partial charge in [-0.2, -0.15) is 13.2 Å². The zero-order chi connectivity index (χ0) is 27.1. The van der Waals surface area contributed by atoms with Crippen LogP contribution >= 0.6 is 11.8 Å². The summed E-state index contributed by atoms with van der Waals surface area (Å²) in [5, 5.41) is 9.72. The van der Waals surface area contributed by atoms with Crippen molar-refractivity contribution in [2.24, 2.45) is 0 Å². The van der Waals surface area contributed by atoms with E-state index in [0.29, 0.717) is 17.0 Å². The first-order chi connectivity index (χ1) is 17.5. The minimum atomic E-state index is -4.62. The molecule has 1 aromatic heterocycles. The third-order valence-electron chi connectivity index (χ3n) is 6.42. The number of thioether (sulfide) groups is 1. The Morgan fingerprint density at radius 3 is 2.57 bits per heavy atom. The molecule has 0 fully saturated rings. The van der Waals surface area contributed by atoms with Crippen LogP contribution in [0, 0.1) is 0 Å². The lowest BCUT2D eigenvalue weighted by molar-refractivity contribution is -0.138. The number of hydrogen-bond acceptors (Lipinski definition) is 5. The molecule has 37 heavy (non-hydrogen) atoms. The highest BCUT2D eigenvalue weighted by Gasteiger charge is 2.37. The fourth-order valence-electron chi connectivity index (χ4n) is 4.70. The van der Waals surface area contributed by atoms with E-state index in [-0.39, 0.29) is 36.1 Å². The number of nitrogens with zero attached hydrogens (tertiary/aromatic N) is 3. The molecule has 0 saturated carbocycles. The van der Waals surface area contributed by atoms with Crippen molar-refractivity contribution >= 4 is 29.8 Å². The monoisotopic (exact) mass is 533 g/mol. The van der Waals surface area contributed by atoms with Gasteiger partial charge in [0, 0.05) is 18.1 Å². The molecule has 0 saturated heterocycles. The Morgan fingerprint density at radius 1 is 1.22 bits per heavy atom. The number of carboxylic acid groups (broad SMARTS) is 1. The number of carbonyl (C=O) groups excluding carboxylic acids is 1. The van der Waals surface area contributed by atoms with Gasteiger partial charge in [-0.25, -0.2) is 9.59 Å². The molecule has 12 heteroatoms. The van der Waals surface area contributed by atoms with Gasteiger partial charge in [0.1, 0.15) is 5.56 Å². The quantitative estimate of drug-likeness (QED) is 0.380. The summed E-state index contributed by atoms with van der Waals surface area (Å²) in [7, 11) is 1.55. The van der Waals surface area contributed by atoms with Gasteiger partial charge in [-0.15, -0.1) is 11.8 Å². The van der Waals surface area contributed by atoms with E-state index in [1.165, 1.54) is 34.9 Å². The summed E-state index contributed by atoms with van der Waals surface area (Å²) >= 11 is 1.29. The molecular formula is C25H22F3N3O5S. The van der Waals surface area contributed by atoms with Crippen molar-refractivity contribution < 1.29 is 27.9 Å². The fraction of sp³-hybridized carbons (Fsp3) is 0.280. The molecule has 1 amide bonds. The molecule has 1 aliphatic carbocycles. The Labute approximate surface area is 213 Å². The minimum absolute atomic E-state index is 0.00393. The summed E-state index contributed by atoms with van der Waals surface area (Å²) in [5.41, 5.74) is -2.56. The largest absolute Gasteiger partial charge is 0.477 e. The number of rotatable bonds is 6. The van der Waals surface area contributed by atoms with Gasteiger partial charge in [-0.3, -0.25) is 18.7 Å². The number of amides is 1. The van der Waals surface area contributed by atoms with Gasteiger partial charge in [0.05, 0.1) is 23.0 Å². The van der Waals surface area contributed by atoms with E-state index in [2.05, 4.69) is 0 Å². The van der Waals surface area contributed by atoms with Crippen molar-refractivity contribution in [3.8, 4) is 5.69 Å². The van der Waals surface area contributed by atoms with Crippen molar-refractivity contribution in [3.05, 3.63) is 85.7 Å². The van der Waals surface area contributed by atoms with Crippen LogP contribution in [0.2, 0.25) is 0 Å². The molecule has 0 bridgehead atoms. The first-order valence-electron chi connectivity index (χ1n) is 11.2. The zero-order valence-electron chi connectivity index (χ0n) is 19.8. The zero-order valence-corrected chi connectivity index (χ0v) is 20.6. The fourth-order valence-corrected chi connectivity index (χ4v) is 5.36. The van der Waals surface area contributed by atoms with Crippen LogP contribution in [0.1, 0.15) is 45.9 Å². The maximum atomic E-state index is 13.7. The van der Waals surface area contributed by atoms with Crippen LogP contribution in [0.3, 0.4) is 0 Å². The lowest BCUT2D eigenvalue weighted by Crippen LogP contribution is -2.45. The standard InChI is InChI=1S/C25H22F3N3O5S/c1-29(13-32)20-10-9-14(11-21(20)37-2)30-12-17(23(34)35)22(33)31(24(30)36)19-8-4-5-15-16(19)6-3-7-18(15)25(26,27)28/h3,6-7,9-13,19H,4-5,8H2,1-2H3,(H,34,35). The van der Waals surface area contributed by atoms with E-state index in [4.69, 9.17) is 0 Å². The number of carboxylic acids is 1. The number of benzene rings is 2. The Morgan fingerprint density at radius 2 is 1.95 bits per heavy atom. The number of hydrogen-bond donors (Lipinski definition) is 1. The lowest BCUT2D eigenvalue weighted by atomic mass is 9.84. The minimum Gasteiger partial charge on any atom is -0.477 e. The first-order valence-corrected chi connectivity index (χ1v) is 12.4. The topological polar surface area (TPSA) is 102 Å². The second kappa shape index (κ2) is 9.92. The highest BCUT2D eigenvalue weighted by atomic mass is 32.2. The molecule has 0 radical (unpaired) electrons. The molecule has 0 aliphatic heterocycles. The Hall–Kier alpha value is -3.80. The van der Waals surface area contributed by atoms with Crippen LogP contribution in [-0.4, -0.2) is 39.9 Å². The Bertz CT molecular complexity index is 1510. The average molecular weight is 534 g/mol. The number of fused-ring (bicyclic) bond motifs is 1. The van der Waals surface area contributed by atoms with Crippen molar-refractivity contribution in [2.75, 3.05) is 18.2 Å². The van der Waals surface area contributed by atoms with Gasteiger partial charge < -0.3 is 10.0 Å². The SMILES string of the molecule is CSc1cc(-n2cc(C(=O)O)c(=O)n(C3CCCc4c3cccc4C(F)(F)F)c2=O)ccc1N(C)C=O. The average Bonchev–Trinajstić information content (AvgIpc) is 2.87. The first kappa shape index (κ1) is 26.3. The number of aromatic carboxylic acids is 1. The number of aromatic nitrogens is 2. The molecule has 1 unspecified atom stereocenters. The molecule has 4 rings (SSSR count). The summed E-state index contributed by atoms with van der Waals surface area (Å²) in [6.45, 7) is 0. The second-order valence-electron chi connectivity index (χ2n) is 8.53. The summed E-state index contributed by atoms with van der Waals surface area (Å²) in [6, 6.07) is 7.18. The number of anilines is 1. The number of halogens is 3.